The molecule has 34 heavy (non-hydrogen) atoms. The number of methoxy groups -OCH3 is 1. The van der Waals surface area contributed by atoms with Crippen molar-refractivity contribution in [2.45, 2.75) is 6.42 Å². The highest BCUT2D eigenvalue weighted by Crippen LogP contribution is 2.14. The zero-order valence-corrected chi connectivity index (χ0v) is 18.6. The lowest BCUT2D eigenvalue weighted by atomic mass is 10.1. The Hall–Kier alpha value is -4.59. The molecular weight excluding hydrogens is 432 g/mol. The zero-order chi connectivity index (χ0) is 23.8. The molecule has 0 fully saturated rings. The van der Waals surface area contributed by atoms with E-state index in [-0.39, 0.29) is 5.70 Å². The number of amides is 2. The maximum atomic E-state index is 12.9. The van der Waals surface area contributed by atoms with Crippen molar-refractivity contribution < 1.29 is 18.7 Å². The van der Waals surface area contributed by atoms with E-state index in [2.05, 4.69) is 20.6 Å². The molecule has 4 aromatic rings. The van der Waals surface area contributed by atoms with E-state index in [1.807, 2.05) is 24.3 Å². The van der Waals surface area contributed by atoms with Crippen molar-refractivity contribution in [3.63, 3.8) is 0 Å². The number of carbonyl (C=O) groups is 2. The molecule has 2 aromatic carbocycles. The van der Waals surface area contributed by atoms with Gasteiger partial charge in [-0.15, -0.1) is 0 Å². The molecule has 8 nitrogen and oxygen atoms in total. The molecule has 0 bridgehead atoms. The number of nitrogens with one attached hydrogen (secondary N) is 3. The number of nitrogens with zero attached hydrogens (tertiary/aromatic N) is 1. The largest absolute Gasteiger partial charge is 0.497 e. The summed E-state index contributed by atoms with van der Waals surface area (Å²) < 4.78 is 10.4. The van der Waals surface area contributed by atoms with Crippen LogP contribution in [0.1, 0.15) is 17.1 Å². The highest BCUT2D eigenvalue weighted by Gasteiger charge is 2.13. The molecule has 0 spiro atoms. The molecule has 172 valence electrons. The predicted octanol–water partition coefficient (Wildman–Crippen LogP) is 3.69. The van der Waals surface area contributed by atoms with Gasteiger partial charge in [-0.2, -0.15) is 0 Å². The van der Waals surface area contributed by atoms with Crippen LogP contribution in [0.4, 0.5) is 0 Å². The van der Waals surface area contributed by atoms with Crippen LogP contribution in [-0.2, 0) is 16.0 Å². The summed E-state index contributed by atoms with van der Waals surface area (Å²) in [6.45, 7) is 0.344. The number of para-hydroxylation sites is 2. The molecule has 3 N–H and O–H groups in total. The second kappa shape index (κ2) is 10.8. The quantitative estimate of drug-likeness (QED) is 0.333. The number of imidazole rings is 1. The van der Waals surface area contributed by atoms with Crippen molar-refractivity contribution in [3.05, 3.63) is 95.8 Å². The van der Waals surface area contributed by atoms with Crippen molar-refractivity contribution in [1.82, 2.24) is 20.6 Å². The van der Waals surface area contributed by atoms with Gasteiger partial charge in [-0.3, -0.25) is 9.59 Å². The van der Waals surface area contributed by atoms with Gasteiger partial charge in [-0.1, -0.05) is 24.3 Å². The fourth-order valence-electron chi connectivity index (χ4n) is 3.26. The number of rotatable bonds is 9. The number of aromatic amines is 1. The van der Waals surface area contributed by atoms with Gasteiger partial charge in [0.15, 0.2) is 0 Å². The molecule has 4 rings (SSSR count). The lowest BCUT2D eigenvalue weighted by molar-refractivity contribution is -0.121. The van der Waals surface area contributed by atoms with Crippen molar-refractivity contribution in [1.29, 1.82) is 0 Å². The molecule has 0 radical (unpaired) electrons. The van der Waals surface area contributed by atoms with E-state index >= 15 is 0 Å². The fourth-order valence-corrected chi connectivity index (χ4v) is 3.26. The minimum absolute atomic E-state index is 0.115. The number of hydrogen-bond acceptors (Lipinski definition) is 5. The van der Waals surface area contributed by atoms with Crippen LogP contribution in [-0.4, -0.2) is 35.4 Å². The Labute approximate surface area is 196 Å². The summed E-state index contributed by atoms with van der Waals surface area (Å²) in [5, 5.41) is 5.50. The lowest BCUT2D eigenvalue weighted by Gasteiger charge is -2.10. The first kappa shape index (κ1) is 22.6. The summed E-state index contributed by atoms with van der Waals surface area (Å²) in [6, 6.07) is 18.3. The van der Waals surface area contributed by atoms with E-state index in [1.54, 1.807) is 49.6 Å². The highest BCUT2D eigenvalue weighted by atomic mass is 16.5. The van der Waals surface area contributed by atoms with Gasteiger partial charge in [0, 0.05) is 19.0 Å². The number of H-pyrrole nitrogens is 1. The summed E-state index contributed by atoms with van der Waals surface area (Å²) in [4.78, 5) is 33.1. The number of carbonyl (C=O) groups excluding carboxylic acids is 2. The molecule has 2 aromatic heterocycles. The Morgan fingerprint density at radius 2 is 1.91 bits per heavy atom. The van der Waals surface area contributed by atoms with Gasteiger partial charge in [-0.25, -0.2) is 4.98 Å². The second-order valence-electron chi connectivity index (χ2n) is 7.38. The molecule has 0 atom stereocenters. The molecule has 2 amide bonds. The van der Waals surface area contributed by atoms with Gasteiger partial charge < -0.3 is 24.8 Å². The van der Waals surface area contributed by atoms with Gasteiger partial charge in [-0.05, 0) is 54.1 Å². The van der Waals surface area contributed by atoms with Gasteiger partial charge in [0.05, 0.1) is 24.4 Å². The lowest BCUT2D eigenvalue weighted by Crippen LogP contribution is -2.35. The molecular formula is C26H24N4O4. The van der Waals surface area contributed by atoms with Crippen LogP contribution in [0, 0.1) is 0 Å². The van der Waals surface area contributed by atoms with E-state index in [4.69, 9.17) is 9.15 Å². The van der Waals surface area contributed by atoms with Crippen LogP contribution in [0.3, 0.4) is 0 Å². The van der Waals surface area contributed by atoms with E-state index in [9.17, 15) is 9.59 Å². The number of furan rings is 1. The molecule has 0 saturated heterocycles. The summed E-state index contributed by atoms with van der Waals surface area (Å²) in [7, 11) is 1.58. The number of ether oxygens (including phenoxy) is 1. The van der Waals surface area contributed by atoms with Crippen LogP contribution in [0.25, 0.3) is 23.2 Å². The first-order valence-corrected chi connectivity index (χ1v) is 10.7. The van der Waals surface area contributed by atoms with Crippen LogP contribution in [0.2, 0.25) is 0 Å². The second-order valence-corrected chi connectivity index (χ2v) is 7.38. The third-order valence-electron chi connectivity index (χ3n) is 4.96. The third-order valence-corrected chi connectivity index (χ3v) is 4.96. The average molecular weight is 457 g/mol. The van der Waals surface area contributed by atoms with E-state index in [1.165, 1.54) is 18.4 Å². The Bertz CT molecular complexity index is 1290. The van der Waals surface area contributed by atoms with Crippen LogP contribution >= 0.6 is 0 Å². The van der Waals surface area contributed by atoms with E-state index in [0.717, 1.165) is 22.4 Å². The molecule has 0 aliphatic heterocycles. The maximum Gasteiger partial charge on any atom is 0.267 e. The molecule has 0 saturated carbocycles. The molecule has 2 heterocycles. The van der Waals surface area contributed by atoms with E-state index < -0.39 is 11.8 Å². The smallest absolute Gasteiger partial charge is 0.267 e. The number of benzene rings is 2. The Morgan fingerprint density at radius 3 is 2.65 bits per heavy atom. The summed E-state index contributed by atoms with van der Waals surface area (Å²) in [5.74, 6) is 1.13. The number of aromatic nitrogens is 2. The first-order chi connectivity index (χ1) is 16.6. The Morgan fingerprint density at radius 1 is 1.09 bits per heavy atom. The van der Waals surface area contributed by atoms with Gasteiger partial charge in [0.2, 0.25) is 5.91 Å². The SMILES string of the molecule is COc1ccc(/C=C(\NC(=O)/C=C/c2ccco2)C(=O)NCCc2nc3ccccc3[nH]2)cc1. The van der Waals surface area contributed by atoms with Gasteiger partial charge >= 0.3 is 0 Å². The van der Waals surface area contributed by atoms with Gasteiger partial charge in [0.25, 0.3) is 5.91 Å². The topological polar surface area (TPSA) is 109 Å². The Kier molecular flexibility index (Phi) is 7.19. The zero-order valence-electron chi connectivity index (χ0n) is 18.6. The summed E-state index contributed by atoms with van der Waals surface area (Å²) in [5.41, 5.74) is 2.67. The highest BCUT2D eigenvalue weighted by molar-refractivity contribution is 6.04. The fraction of sp³-hybridized carbons (Fsp3) is 0.115. The molecule has 0 unspecified atom stereocenters. The van der Waals surface area contributed by atoms with Crippen molar-refractivity contribution >= 4 is 35.0 Å². The van der Waals surface area contributed by atoms with Gasteiger partial charge in [0.1, 0.15) is 23.0 Å². The van der Waals surface area contributed by atoms with Crippen molar-refractivity contribution in [3.8, 4) is 5.75 Å². The molecule has 0 aliphatic rings. The minimum Gasteiger partial charge on any atom is -0.497 e. The minimum atomic E-state index is -0.455. The Balaban J connectivity index is 1.44. The predicted molar refractivity (Wildman–Crippen MR) is 130 cm³/mol. The third kappa shape index (κ3) is 6.01. The number of hydrogen-bond donors (Lipinski definition) is 3. The van der Waals surface area contributed by atoms with Crippen LogP contribution in [0.5, 0.6) is 5.75 Å². The monoisotopic (exact) mass is 456 g/mol. The summed E-state index contributed by atoms with van der Waals surface area (Å²) >= 11 is 0. The van der Waals surface area contributed by atoms with Crippen molar-refractivity contribution in [2.24, 2.45) is 0 Å². The standard InChI is InChI=1S/C26H24N4O4/c1-33-19-10-8-18(9-11-19)17-23(30-25(31)13-12-20-5-4-16-34-20)26(32)27-15-14-24-28-21-6-2-3-7-22(21)29-24/h2-13,16-17H,14-15H2,1H3,(H,27,32)(H,28,29)(H,30,31)/b13-12+,23-17-. The van der Waals surface area contributed by atoms with Crippen LogP contribution in [0.15, 0.2) is 83.1 Å². The summed E-state index contributed by atoms with van der Waals surface area (Å²) in [6.07, 6.45) is 6.47. The van der Waals surface area contributed by atoms with Crippen LogP contribution < -0.4 is 15.4 Å². The molecule has 8 heteroatoms. The first-order valence-electron chi connectivity index (χ1n) is 10.7. The number of fused-ring (bicyclic) bond motifs is 1. The average Bonchev–Trinajstić information content (AvgIpc) is 3.52. The maximum absolute atomic E-state index is 12.9. The van der Waals surface area contributed by atoms with Crippen molar-refractivity contribution in [2.75, 3.05) is 13.7 Å². The normalized spacial score (nSPS) is 11.6. The molecule has 0 aliphatic carbocycles. The van der Waals surface area contributed by atoms with E-state index in [0.29, 0.717) is 24.5 Å².